The molecule has 2 N–H and O–H groups in total. The lowest BCUT2D eigenvalue weighted by Crippen LogP contribution is -2.31. The van der Waals surface area contributed by atoms with Crippen molar-refractivity contribution in [2.24, 2.45) is 0 Å². The quantitative estimate of drug-likeness (QED) is 0.880. The van der Waals surface area contributed by atoms with Crippen LogP contribution in [0.25, 0.3) is 0 Å². The zero-order chi connectivity index (χ0) is 16.1. The van der Waals surface area contributed by atoms with E-state index in [1.807, 2.05) is 19.2 Å². The van der Waals surface area contributed by atoms with E-state index >= 15 is 0 Å². The molecule has 0 aliphatic heterocycles. The summed E-state index contributed by atoms with van der Waals surface area (Å²) in [6, 6.07) is 6.74. The zero-order valence-electron chi connectivity index (χ0n) is 12.8. The van der Waals surface area contributed by atoms with Gasteiger partial charge in [0.2, 0.25) is 0 Å². The minimum Gasteiger partial charge on any atom is -0.337 e. The Morgan fingerprint density at radius 3 is 2.86 bits per heavy atom. The van der Waals surface area contributed by atoms with Crippen LogP contribution < -0.4 is 10.6 Å². The van der Waals surface area contributed by atoms with Crippen LogP contribution in [0.5, 0.6) is 0 Å². The third-order valence-electron chi connectivity index (χ3n) is 3.05. The van der Waals surface area contributed by atoms with Crippen molar-refractivity contribution in [3.05, 3.63) is 40.3 Å². The molecule has 0 aliphatic rings. The Bertz CT molecular complexity index is 685. The molecule has 0 saturated heterocycles. The van der Waals surface area contributed by atoms with E-state index in [-0.39, 0.29) is 11.9 Å². The number of nitrogens with zero attached hydrogens (tertiary/aromatic N) is 1. The van der Waals surface area contributed by atoms with Crippen LogP contribution in [0.15, 0.2) is 34.5 Å². The third kappa shape index (κ3) is 4.64. The SMILES string of the molecule is Cc1csc([C@@H](C)CNC(=O)Nc2cccc([S@](C)=O)c2)n1. The molecule has 0 spiro atoms. The number of hydrogen-bond donors (Lipinski definition) is 2. The lowest BCUT2D eigenvalue weighted by Gasteiger charge is -2.11. The molecule has 5 nitrogen and oxygen atoms in total. The predicted octanol–water partition coefficient (Wildman–Crippen LogP) is 3.11. The Kier molecular flexibility index (Phi) is 5.68. The highest BCUT2D eigenvalue weighted by atomic mass is 32.2. The van der Waals surface area contributed by atoms with Crippen molar-refractivity contribution in [2.75, 3.05) is 18.1 Å². The van der Waals surface area contributed by atoms with Gasteiger partial charge in [-0.05, 0) is 25.1 Å². The maximum atomic E-state index is 11.9. The highest BCUT2D eigenvalue weighted by Gasteiger charge is 2.11. The molecule has 2 atom stereocenters. The minimum atomic E-state index is -1.07. The average molecular weight is 337 g/mol. The van der Waals surface area contributed by atoms with Crippen molar-refractivity contribution in [1.82, 2.24) is 10.3 Å². The fourth-order valence-electron chi connectivity index (χ4n) is 1.86. The minimum absolute atomic E-state index is 0.166. The molecule has 118 valence electrons. The summed E-state index contributed by atoms with van der Waals surface area (Å²) < 4.78 is 11.4. The van der Waals surface area contributed by atoms with Crippen molar-refractivity contribution in [1.29, 1.82) is 0 Å². The largest absolute Gasteiger partial charge is 0.337 e. The first kappa shape index (κ1) is 16.6. The van der Waals surface area contributed by atoms with Gasteiger partial charge in [-0.3, -0.25) is 4.21 Å². The number of aromatic nitrogens is 1. The van der Waals surface area contributed by atoms with Gasteiger partial charge in [0.15, 0.2) is 0 Å². The molecule has 2 amide bonds. The van der Waals surface area contributed by atoms with Gasteiger partial charge in [-0.15, -0.1) is 11.3 Å². The lowest BCUT2D eigenvalue weighted by atomic mass is 10.2. The molecule has 0 fully saturated rings. The number of carbonyl (C=O) groups is 1. The van der Waals surface area contributed by atoms with Crippen LogP contribution in [-0.2, 0) is 10.8 Å². The molecule has 1 heterocycles. The maximum Gasteiger partial charge on any atom is 0.319 e. The van der Waals surface area contributed by atoms with E-state index in [0.717, 1.165) is 10.7 Å². The van der Waals surface area contributed by atoms with Crippen molar-refractivity contribution in [2.45, 2.75) is 24.7 Å². The van der Waals surface area contributed by atoms with Gasteiger partial charge in [0.1, 0.15) is 0 Å². The standard InChI is InChI=1S/C15H19N3O2S2/c1-10(14-17-11(2)9-21-14)8-16-15(19)18-12-5-4-6-13(7-12)22(3)20/h4-7,9-10H,8H2,1-3H3,(H2,16,18,19)/t10-,22-/m0/s1. The molecule has 1 aromatic carbocycles. The monoisotopic (exact) mass is 337 g/mol. The number of amides is 2. The van der Waals surface area contributed by atoms with Crippen molar-refractivity contribution >= 4 is 33.9 Å². The normalized spacial score (nSPS) is 13.4. The summed E-state index contributed by atoms with van der Waals surface area (Å²) in [6.07, 6.45) is 1.61. The molecule has 0 radical (unpaired) electrons. The molecular weight excluding hydrogens is 318 g/mol. The maximum absolute atomic E-state index is 11.9. The number of aryl methyl sites for hydroxylation is 1. The summed E-state index contributed by atoms with van der Waals surface area (Å²) in [5.41, 5.74) is 1.63. The van der Waals surface area contributed by atoms with Crippen molar-refractivity contribution in [3.63, 3.8) is 0 Å². The van der Waals surface area contributed by atoms with Crippen LogP contribution in [-0.4, -0.2) is 28.0 Å². The first-order chi connectivity index (χ1) is 10.5. The first-order valence-corrected chi connectivity index (χ1v) is 9.30. The summed E-state index contributed by atoms with van der Waals surface area (Å²) in [7, 11) is -1.07. The lowest BCUT2D eigenvalue weighted by molar-refractivity contribution is 0.251. The molecule has 2 aromatic rings. The van der Waals surface area contributed by atoms with Gasteiger partial charge in [-0.25, -0.2) is 9.78 Å². The van der Waals surface area contributed by atoms with Gasteiger partial charge in [0.05, 0.1) is 5.01 Å². The zero-order valence-corrected chi connectivity index (χ0v) is 14.4. The Morgan fingerprint density at radius 2 is 2.23 bits per heavy atom. The van der Waals surface area contributed by atoms with E-state index in [4.69, 9.17) is 0 Å². The number of urea groups is 1. The fourth-order valence-corrected chi connectivity index (χ4v) is 3.28. The van der Waals surface area contributed by atoms with Crippen LogP contribution in [0.4, 0.5) is 10.5 Å². The van der Waals surface area contributed by atoms with E-state index < -0.39 is 10.8 Å². The smallest absolute Gasteiger partial charge is 0.319 e. The molecule has 7 heteroatoms. The highest BCUT2D eigenvalue weighted by Crippen LogP contribution is 2.19. The summed E-state index contributed by atoms with van der Waals surface area (Å²) >= 11 is 1.60. The van der Waals surface area contributed by atoms with Gasteiger partial charge in [-0.2, -0.15) is 0 Å². The molecule has 22 heavy (non-hydrogen) atoms. The summed E-state index contributed by atoms with van der Waals surface area (Å²) in [5, 5.41) is 8.59. The number of rotatable bonds is 5. The molecule has 0 saturated carbocycles. The van der Waals surface area contributed by atoms with Crippen LogP contribution in [0.1, 0.15) is 23.5 Å². The second-order valence-electron chi connectivity index (χ2n) is 5.05. The number of hydrogen-bond acceptors (Lipinski definition) is 4. The second-order valence-corrected chi connectivity index (χ2v) is 7.31. The third-order valence-corrected chi connectivity index (χ3v) is 5.16. The van der Waals surface area contributed by atoms with Crippen LogP contribution in [0, 0.1) is 6.92 Å². The molecule has 0 unspecified atom stereocenters. The van der Waals surface area contributed by atoms with Crippen molar-refractivity contribution in [3.8, 4) is 0 Å². The van der Waals surface area contributed by atoms with E-state index in [9.17, 15) is 9.00 Å². The van der Waals surface area contributed by atoms with E-state index in [2.05, 4.69) is 15.6 Å². The van der Waals surface area contributed by atoms with Crippen molar-refractivity contribution < 1.29 is 9.00 Å². The molecule has 1 aromatic heterocycles. The van der Waals surface area contributed by atoms with Gasteiger partial charge in [0.25, 0.3) is 0 Å². The highest BCUT2D eigenvalue weighted by molar-refractivity contribution is 7.84. The van der Waals surface area contributed by atoms with Crippen LogP contribution in [0.2, 0.25) is 0 Å². The fraction of sp³-hybridized carbons (Fsp3) is 0.333. The van der Waals surface area contributed by atoms with Gasteiger partial charge in [0, 0.05) is 51.2 Å². The first-order valence-electron chi connectivity index (χ1n) is 6.86. The number of nitrogens with one attached hydrogen (secondary N) is 2. The number of anilines is 1. The number of thiazole rings is 1. The summed E-state index contributed by atoms with van der Waals surface area (Å²) in [6.45, 7) is 4.50. The van der Waals surface area contributed by atoms with Gasteiger partial charge in [-0.1, -0.05) is 13.0 Å². The Labute approximate surface area is 136 Å². The summed E-state index contributed by atoms with van der Waals surface area (Å²) in [5.74, 6) is 0.166. The molecule has 2 rings (SSSR count). The Balaban J connectivity index is 1.88. The van der Waals surface area contributed by atoms with Gasteiger partial charge < -0.3 is 10.6 Å². The van der Waals surface area contributed by atoms with Gasteiger partial charge >= 0.3 is 6.03 Å². The van der Waals surface area contributed by atoms with E-state index in [1.165, 1.54) is 0 Å². The van der Waals surface area contributed by atoms with Crippen LogP contribution >= 0.6 is 11.3 Å². The number of benzene rings is 1. The topological polar surface area (TPSA) is 71.1 Å². The summed E-state index contributed by atoms with van der Waals surface area (Å²) in [4.78, 5) is 17.0. The predicted molar refractivity (Wildman–Crippen MR) is 91.1 cm³/mol. The van der Waals surface area contributed by atoms with E-state index in [0.29, 0.717) is 17.1 Å². The molecule has 0 bridgehead atoms. The number of carbonyl (C=O) groups excluding carboxylic acids is 1. The van der Waals surface area contributed by atoms with Crippen LogP contribution in [0.3, 0.4) is 0 Å². The van der Waals surface area contributed by atoms with E-state index in [1.54, 1.807) is 41.9 Å². The molecular formula is C15H19N3O2S2. The second kappa shape index (κ2) is 7.51. The Morgan fingerprint density at radius 1 is 1.45 bits per heavy atom. The Hall–Kier alpha value is -1.73. The molecule has 0 aliphatic carbocycles. The average Bonchev–Trinajstić information content (AvgIpc) is 2.91.